The van der Waals surface area contributed by atoms with Crippen molar-refractivity contribution in [2.24, 2.45) is 0 Å². The van der Waals surface area contributed by atoms with Crippen molar-refractivity contribution in [3.63, 3.8) is 0 Å². The number of piperazine rings is 1. The predicted octanol–water partition coefficient (Wildman–Crippen LogP) is 5.47. The van der Waals surface area contributed by atoms with Crippen molar-refractivity contribution in [3.05, 3.63) is 70.7 Å². The van der Waals surface area contributed by atoms with Crippen LogP contribution in [0, 0.1) is 0 Å². The third-order valence-corrected chi connectivity index (χ3v) is 7.11. The standard InChI is InChI=1S/C23H21ClF3N5S/c24-17-3-1-2-4-18(17)32-19(9-12-31(32)23(25,26)27)21-7-6-20(33-21)16-5-8-22(29-15-16)30-13-10-28-11-14-30/h1-9,15,28H,10-14H2. The van der Waals surface area contributed by atoms with Crippen molar-refractivity contribution in [1.29, 1.82) is 0 Å². The van der Waals surface area contributed by atoms with Crippen LogP contribution in [0.4, 0.5) is 24.7 Å². The van der Waals surface area contributed by atoms with Gasteiger partial charge in [-0.15, -0.1) is 16.3 Å². The molecule has 3 aromatic rings. The monoisotopic (exact) mass is 491 g/mol. The third kappa shape index (κ3) is 4.46. The first kappa shape index (κ1) is 22.2. The topological polar surface area (TPSA) is 34.6 Å². The molecule has 1 fully saturated rings. The second kappa shape index (κ2) is 8.98. The summed E-state index contributed by atoms with van der Waals surface area (Å²) in [6, 6.07) is 14.3. The number of hydrogen-bond acceptors (Lipinski definition) is 6. The molecule has 0 saturated carbocycles. The van der Waals surface area contributed by atoms with Gasteiger partial charge in [0, 0.05) is 49.4 Å². The highest BCUT2D eigenvalue weighted by atomic mass is 35.5. The fourth-order valence-electron chi connectivity index (χ4n) is 4.02. The zero-order valence-electron chi connectivity index (χ0n) is 17.5. The van der Waals surface area contributed by atoms with Crippen molar-refractivity contribution in [2.75, 3.05) is 42.6 Å². The number of halogens is 4. The lowest BCUT2D eigenvalue weighted by atomic mass is 10.2. The van der Waals surface area contributed by atoms with Crippen molar-refractivity contribution in [3.8, 4) is 10.4 Å². The molecule has 0 aliphatic carbocycles. The van der Waals surface area contributed by atoms with E-state index in [2.05, 4.69) is 15.2 Å². The molecule has 0 bridgehead atoms. The van der Waals surface area contributed by atoms with Gasteiger partial charge in [0.05, 0.1) is 21.3 Å². The van der Waals surface area contributed by atoms with Gasteiger partial charge in [0.2, 0.25) is 0 Å². The number of alkyl halides is 3. The highest BCUT2D eigenvalue weighted by Crippen LogP contribution is 2.43. The first-order valence-electron chi connectivity index (χ1n) is 10.5. The van der Waals surface area contributed by atoms with Gasteiger partial charge in [-0.3, -0.25) is 5.01 Å². The van der Waals surface area contributed by atoms with Gasteiger partial charge in [-0.1, -0.05) is 23.7 Å². The summed E-state index contributed by atoms with van der Waals surface area (Å²) in [6.07, 6.45) is -1.14. The van der Waals surface area contributed by atoms with E-state index >= 15 is 0 Å². The summed E-state index contributed by atoms with van der Waals surface area (Å²) in [5.41, 5.74) is 1.68. The van der Waals surface area contributed by atoms with Crippen molar-refractivity contribution < 1.29 is 13.2 Å². The molecule has 5 nitrogen and oxygen atoms in total. The molecule has 0 amide bonds. The lowest BCUT2D eigenvalue weighted by Crippen LogP contribution is -2.47. The Morgan fingerprint density at radius 2 is 1.73 bits per heavy atom. The van der Waals surface area contributed by atoms with Crippen LogP contribution >= 0.6 is 22.9 Å². The molecule has 5 rings (SSSR count). The maximum atomic E-state index is 13.8. The molecular formula is C23H21ClF3N5S. The van der Waals surface area contributed by atoms with Gasteiger partial charge < -0.3 is 10.2 Å². The van der Waals surface area contributed by atoms with E-state index in [1.807, 2.05) is 30.5 Å². The Labute approximate surface area is 198 Å². The largest absolute Gasteiger partial charge is 0.478 e. The molecule has 2 aliphatic heterocycles. The Balaban J connectivity index is 1.43. The molecule has 172 valence electrons. The van der Waals surface area contributed by atoms with Gasteiger partial charge in [-0.2, -0.15) is 13.2 Å². The fraction of sp³-hybridized carbons (Fsp3) is 0.261. The van der Waals surface area contributed by atoms with E-state index in [1.165, 1.54) is 11.3 Å². The number of nitrogens with zero attached hydrogens (tertiary/aromatic N) is 4. The second-order valence-corrected chi connectivity index (χ2v) is 9.20. The van der Waals surface area contributed by atoms with Gasteiger partial charge >= 0.3 is 6.30 Å². The summed E-state index contributed by atoms with van der Waals surface area (Å²) in [5.74, 6) is 0.932. The SMILES string of the molecule is FC(F)(F)N1CC=C(c2ccc(-c3ccc(N4CCNCC4)nc3)s2)N1c1ccccc1Cl. The molecule has 33 heavy (non-hydrogen) atoms. The van der Waals surface area contributed by atoms with Gasteiger partial charge in [0.15, 0.2) is 0 Å². The second-order valence-electron chi connectivity index (χ2n) is 7.71. The Bertz CT molecular complexity index is 1160. The average molecular weight is 492 g/mol. The molecule has 0 unspecified atom stereocenters. The van der Waals surface area contributed by atoms with Gasteiger partial charge in [0.25, 0.3) is 0 Å². The van der Waals surface area contributed by atoms with Gasteiger partial charge in [0.1, 0.15) is 5.82 Å². The van der Waals surface area contributed by atoms with Crippen LogP contribution in [0.3, 0.4) is 0 Å². The Morgan fingerprint density at radius 3 is 2.42 bits per heavy atom. The quantitative estimate of drug-likeness (QED) is 0.489. The minimum absolute atomic E-state index is 0.254. The van der Waals surface area contributed by atoms with E-state index < -0.39 is 6.30 Å². The minimum Gasteiger partial charge on any atom is -0.354 e. The number of thiophene rings is 1. The summed E-state index contributed by atoms with van der Waals surface area (Å²) >= 11 is 7.71. The zero-order valence-corrected chi connectivity index (χ0v) is 19.1. The lowest BCUT2D eigenvalue weighted by molar-refractivity contribution is -0.240. The maximum absolute atomic E-state index is 13.8. The number of pyridine rings is 1. The van der Waals surface area contributed by atoms with E-state index in [1.54, 1.807) is 30.3 Å². The highest BCUT2D eigenvalue weighted by molar-refractivity contribution is 7.16. The molecule has 2 aromatic heterocycles. The number of anilines is 2. The molecule has 0 spiro atoms. The van der Waals surface area contributed by atoms with E-state index in [0.29, 0.717) is 10.7 Å². The summed E-state index contributed by atoms with van der Waals surface area (Å²) in [7, 11) is 0. The summed E-state index contributed by atoms with van der Waals surface area (Å²) < 4.78 is 41.3. The van der Waals surface area contributed by atoms with Crippen LogP contribution in [0.25, 0.3) is 16.1 Å². The number of aromatic nitrogens is 1. The van der Waals surface area contributed by atoms with Crippen LogP contribution in [0.5, 0.6) is 0 Å². The average Bonchev–Trinajstić information content (AvgIpc) is 3.47. The van der Waals surface area contributed by atoms with E-state index in [-0.39, 0.29) is 17.3 Å². The van der Waals surface area contributed by atoms with Crippen LogP contribution in [0.1, 0.15) is 4.88 Å². The third-order valence-electron chi connectivity index (χ3n) is 5.63. The smallest absolute Gasteiger partial charge is 0.354 e. The fourth-order valence-corrected chi connectivity index (χ4v) is 5.26. The number of rotatable bonds is 4. The van der Waals surface area contributed by atoms with Crippen molar-refractivity contribution in [2.45, 2.75) is 6.30 Å². The molecule has 1 aromatic carbocycles. The number of hydrogen-bond donors (Lipinski definition) is 1. The van der Waals surface area contributed by atoms with Crippen LogP contribution in [-0.2, 0) is 0 Å². The lowest BCUT2D eigenvalue weighted by Gasteiger charge is -2.33. The van der Waals surface area contributed by atoms with Crippen LogP contribution in [0.15, 0.2) is 60.8 Å². The molecule has 1 saturated heterocycles. The normalized spacial score (nSPS) is 17.5. The Kier molecular flexibility index (Phi) is 6.05. The van der Waals surface area contributed by atoms with E-state index in [4.69, 9.17) is 11.6 Å². The highest BCUT2D eigenvalue weighted by Gasteiger charge is 2.45. The summed E-state index contributed by atoms with van der Waals surface area (Å²) in [6.45, 7) is 3.42. The van der Waals surface area contributed by atoms with Crippen molar-refractivity contribution in [1.82, 2.24) is 15.3 Å². The molecule has 2 aliphatic rings. The summed E-state index contributed by atoms with van der Waals surface area (Å²) in [4.78, 5) is 8.51. The minimum atomic E-state index is -4.54. The van der Waals surface area contributed by atoms with Crippen LogP contribution in [0.2, 0.25) is 5.02 Å². The number of benzene rings is 1. The van der Waals surface area contributed by atoms with Crippen LogP contribution < -0.4 is 15.2 Å². The first-order valence-corrected chi connectivity index (χ1v) is 11.7. The Morgan fingerprint density at radius 1 is 0.970 bits per heavy atom. The molecule has 0 radical (unpaired) electrons. The molecule has 4 heterocycles. The molecular weight excluding hydrogens is 471 g/mol. The number of hydrazine groups is 1. The van der Waals surface area contributed by atoms with Crippen LogP contribution in [-0.4, -0.2) is 49.0 Å². The van der Waals surface area contributed by atoms with Crippen molar-refractivity contribution >= 4 is 40.1 Å². The molecule has 0 atom stereocenters. The molecule has 1 N–H and O–H groups in total. The maximum Gasteiger partial charge on any atom is 0.478 e. The summed E-state index contributed by atoms with van der Waals surface area (Å²) in [5, 5.41) is 5.10. The van der Waals surface area contributed by atoms with E-state index in [0.717, 1.165) is 52.3 Å². The zero-order chi connectivity index (χ0) is 23.0. The van der Waals surface area contributed by atoms with Gasteiger partial charge in [-0.05, 0) is 42.5 Å². The van der Waals surface area contributed by atoms with Gasteiger partial charge in [-0.25, -0.2) is 4.98 Å². The number of nitrogens with one attached hydrogen (secondary N) is 1. The molecule has 10 heteroatoms. The van der Waals surface area contributed by atoms with E-state index in [9.17, 15) is 13.2 Å². The Hall–Kier alpha value is -2.59. The number of para-hydroxylation sites is 1. The predicted molar refractivity (Wildman–Crippen MR) is 127 cm³/mol. The first-order chi connectivity index (χ1) is 15.9.